The maximum atomic E-state index is 9.89. The smallest absolute Gasteiger partial charge is 0.0689 e. The molecule has 1 fully saturated rings. The van der Waals surface area contributed by atoms with Crippen molar-refractivity contribution in [2.24, 2.45) is 17.8 Å². The van der Waals surface area contributed by atoms with Gasteiger partial charge in [-0.3, -0.25) is 0 Å². The molecule has 1 aliphatic heterocycles. The third-order valence-corrected chi connectivity index (χ3v) is 3.91. The van der Waals surface area contributed by atoms with Gasteiger partial charge in [-0.15, -0.1) is 0 Å². The number of hydrogen-bond acceptors (Lipinski definition) is 3. The molecule has 0 aromatic rings. The van der Waals surface area contributed by atoms with Crippen LogP contribution in [0.4, 0.5) is 0 Å². The second-order valence-electron chi connectivity index (χ2n) is 6.61. The summed E-state index contributed by atoms with van der Waals surface area (Å²) >= 11 is 0. The second kappa shape index (κ2) is 8.13. The number of nitrogens with one attached hydrogen (secondary N) is 1. The fourth-order valence-electron chi connectivity index (χ4n) is 2.42. The first kappa shape index (κ1) is 15.9. The summed E-state index contributed by atoms with van der Waals surface area (Å²) in [6.45, 7) is 14.1. The zero-order chi connectivity index (χ0) is 13.5. The van der Waals surface area contributed by atoms with E-state index >= 15 is 0 Å². The van der Waals surface area contributed by atoms with Crippen molar-refractivity contribution >= 4 is 0 Å². The Hall–Kier alpha value is -0.120. The predicted molar refractivity (Wildman–Crippen MR) is 77.7 cm³/mol. The fraction of sp³-hybridized carbons (Fsp3) is 1.00. The highest BCUT2D eigenvalue weighted by molar-refractivity contribution is 4.76. The van der Waals surface area contributed by atoms with E-state index in [0.717, 1.165) is 38.0 Å². The predicted octanol–water partition coefficient (Wildman–Crippen LogP) is 1.96. The van der Waals surface area contributed by atoms with Crippen LogP contribution >= 0.6 is 0 Å². The van der Waals surface area contributed by atoms with Crippen LogP contribution in [0.1, 0.15) is 40.5 Å². The van der Waals surface area contributed by atoms with Crippen LogP contribution in [0.5, 0.6) is 0 Å². The molecule has 0 saturated carbocycles. The minimum atomic E-state index is -0.166. The summed E-state index contributed by atoms with van der Waals surface area (Å²) in [6, 6.07) is 0. The minimum Gasteiger partial charge on any atom is -0.392 e. The zero-order valence-corrected chi connectivity index (χ0v) is 12.7. The average molecular weight is 256 g/mol. The highest BCUT2D eigenvalue weighted by Gasteiger charge is 2.21. The van der Waals surface area contributed by atoms with E-state index in [0.29, 0.717) is 5.92 Å². The summed E-state index contributed by atoms with van der Waals surface area (Å²) < 4.78 is 0. The van der Waals surface area contributed by atoms with Crippen LogP contribution in [0.25, 0.3) is 0 Å². The Balaban J connectivity index is 2.12. The molecule has 1 aliphatic rings. The molecular formula is C15H32N2O. The van der Waals surface area contributed by atoms with Gasteiger partial charge in [0.2, 0.25) is 0 Å². The number of aliphatic hydroxyl groups excluding tert-OH is 1. The van der Waals surface area contributed by atoms with Crippen LogP contribution in [0.15, 0.2) is 0 Å². The number of hydrogen-bond donors (Lipinski definition) is 2. The van der Waals surface area contributed by atoms with Crippen LogP contribution in [0, 0.1) is 17.8 Å². The van der Waals surface area contributed by atoms with Gasteiger partial charge in [-0.25, -0.2) is 0 Å². The topological polar surface area (TPSA) is 35.5 Å². The van der Waals surface area contributed by atoms with E-state index in [9.17, 15) is 5.11 Å². The van der Waals surface area contributed by atoms with E-state index in [1.807, 2.05) is 0 Å². The second-order valence-corrected chi connectivity index (χ2v) is 6.61. The first-order chi connectivity index (χ1) is 8.49. The Kier molecular flexibility index (Phi) is 7.20. The number of β-amino-alcohol motifs (C(OH)–C–C–N with tert-alkyl or cyclic N) is 1. The molecule has 0 bridgehead atoms. The molecule has 18 heavy (non-hydrogen) atoms. The molecule has 1 heterocycles. The highest BCUT2D eigenvalue weighted by atomic mass is 16.3. The molecule has 3 nitrogen and oxygen atoms in total. The maximum absolute atomic E-state index is 9.89. The van der Waals surface area contributed by atoms with Crippen LogP contribution in [-0.2, 0) is 0 Å². The monoisotopic (exact) mass is 256 g/mol. The van der Waals surface area contributed by atoms with Crippen molar-refractivity contribution < 1.29 is 5.11 Å². The third-order valence-electron chi connectivity index (χ3n) is 3.91. The molecule has 1 unspecified atom stereocenters. The lowest BCUT2D eigenvalue weighted by Gasteiger charge is -2.34. The zero-order valence-electron chi connectivity index (χ0n) is 12.7. The van der Waals surface area contributed by atoms with Gasteiger partial charge in [-0.05, 0) is 56.8 Å². The van der Waals surface area contributed by atoms with Crippen LogP contribution in [-0.4, -0.2) is 48.8 Å². The molecule has 1 rings (SSSR count). The third kappa shape index (κ3) is 6.17. The molecule has 108 valence electrons. The summed E-state index contributed by atoms with van der Waals surface area (Å²) in [6.07, 6.45) is 2.38. The Morgan fingerprint density at radius 1 is 1.17 bits per heavy atom. The van der Waals surface area contributed by atoms with Crippen molar-refractivity contribution in [1.29, 1.82) is 0 Å². The van der Waals surface area contributed by atoms with Crippen LogP contribution in [0.2, 0.25) is 0 Å². The molecule has 0 amide bonds. The number of rotatable bonds is 7. The molecule has 0 aliphatic carbocycles. The summed E-state index contributed by atoms with van der Waals surface area (Å²) in [5, 5.41) is 13.5. The lowest BCUT2D eigenvalue weighted by molar-refractivity contribution is 0.0603. The quantitative estimate of drug-likeness (QED) is 0.731. The SMILES string of the molecule is CC(C)CNCC1CCN(CC(O)C(C)C)CC1. The first-order valence-electron chi connectivity index (χ1n) is 7.60. The molecule has 1 saturated heterocycles. The van der Waals surface area contributed by atoms with Crippen LogP contribution in [0.3, 0.4) is 0 Å². The number of aliphatic hydroxyl groups is 1. The van der Waals surface area contributed by atoms with E-state index < -0.39 is 0 Å². The van der Waals surface area contributed by atoms with E-state index in [-0.39, 0.29) is 6.10 Å². The lowest BCUT2D eigenvalue weighted by Crippen LogP contribution is -2.42. The standard InChI is InChI=1S/C15H32N2O/c1-12(2)9-16-10-14-5-7-17(8-6-14)11-15(18)13(3)4/h12-16,18H,5-11H2,1-4H3. The number of likely N-dealkylation sites (tertiary alicyclic amines) is 1. The Bertz CT molecular complexity index is 211. The summed E-state index contributed by atoms with van der Waals surface area (Å²) in [4.78, 5) is 2.42. The number of nitrogens with zero attached hydrogens (tertiary/aromatic N) is 1. The van der Waals surface area contributed by atoms with E-state index in [1.165, 1.54) is 19.4 Å². The minimum absolute atomic E-state index is 0.166. The van der Waals surface area contributed by atoms with Crippen molar-refractivity contribution in [3.63, 3.8) is 0 Å². The van der Waals surface area contributed by atoms with Gasteiger partial charge in [0, 0.05) is 6.54 Å². The van der Waals surface area contributed by atoms with Crippen molar-refractivity contribution in [3.05, 3.63) is 0 Å². The summed E-state index contributed by atoms with van der Waals surface area (Å²) in [5.41, 5.74) is 0. The fourth-order valence-corrected chi connectivity index (χ4v) is 2.42. The van der Waals surface area contributed by atoms with Gasteiger partial charge in [0.05, 0.1) is 6.10 Å². The molecule has 0 aromatic carbocycles. The Labute approximate surface area is 113 Å². The van der Waals surface area contributed by atoms with Crippen molar-refractivity contribution in [1.82, 2.24) is 10.2 Å². The largest absolute Gasteiger partial charge is 0.392 e. The maximum Gasteiger partial charge on any atom is 0.0689 e. The molecular weight excluding hydrogens is 224 g/mol. The van der Waals surface area contributed by atoms with Gasteiger partial charge in [0.1, 0.15) is 0 Å². The van der Waals surface area contributed by atoms with E-state index in [4.69, 9.17) is 0 Å². The van der Waals surface area contributed by atoms with Gasteiger partial charge in [-0.1, -0.05) is 27.7 Å². The molecule has 0 spiro atoms. The first-order valence-corrected chi connectivity index (χ1v) is 7.60. The van der Waals surface area contributed by atoms with Crippen molar-refractivity contribution in [2.75, 3.05) is 32.7 Å². The van der Waals surface area contributed by atoms with Crippen LogP contribution < -0.4 is 5.32 Å². The van der Waals surface area contributed by atoms with Gasteiger partial charge >= 0.3 is 0 Å². The molecule has 3 heteroatoms. The Morgan fingerprint density at radius 3 is 2.28 bits per heavy atom. The summed E-state index contributed by atoms with van der Waals surface area (Å²) in [7, 11) is 0. The van der Waals surface area contributed by atoms with Crippen molar-refractivity contribution in [3.8, 4) is 0 Å². The molecule has 0 radical (unpaired) electrons. The average Bonchev–Trinajstić information content (AvgIpc) is 2.30. The summed E-state index contributed by atoms with van der Waals surface area (Å²) in [5.74, 6) is 1.94. The van der Waals surface area contributed by atoms with E-state index in [1.54, 1.807) is 0 Å². The van der Waals surface area contributed by atoms with Gasteiger partial charge in [0.15, 0.2) is 0 Å². The van der Waals surface area contributed by atoms with Gasteiger partial charge < -0.3 is 15.3 Å². The van der Waals surface area contributed by atoms with Gasteiger partial charge in [0.25, 0.3) is 0 Å². The molecule has 0 aromatic heterocycles. The molecule has 1 atom stereocenters. The van der Waals surface area contributed by atoms with Gasteiger partial charge in [-0.2, -0.15) is 0 Å². The normalized spacial score (nSPS) is 20.8. The Morgan fingerprint density at radius 2 is 1.78 bits per heavy atom. The number of piperidine rings is 1. The molecule has 2 N–H and O–H groups in total. The lowest BCUT2D eigenvalue weighted by atomic mass is 9.95. The van der Waals surface area contributed by atoms with Crippen molar-refractivity contribution in [2.45, 2.75) is 46.6 Å². The highest BCUT2D eigenvalue weighted by Crippen LogP contribution is 2.17. The van der Waals surface area contributed by atoms with E-state index in [2.05, 4.69) is 37.9 Å².